The van der Waals surface area contributed by atoms with Crippen LogP contribution in [0.1, 0.15) is 13.3 Å². The molecule has 0 bridgehead atoms. The summed E-state index contributed by atoms with van der Waals surface area (Å²) in [5.41, 5.74) is 0. The zero-order valence-electron chi connectivity index (χ0n) is 8.86. The summed E-state index contributed by atoms with van der Waals surface area (Å²) in [7, 11) is 3.68. The first-order chi connectivity index (χ1) is 6.13. The van der Waals surface area contributed by atoms with Gasteiger partial charge in [-0.25, -0.2) is 0 Å². The van der Waals surface area contributed by atoms with Crippen LogP contribution < -0.4 is 0 Å². The molecule has 78 valence electrons. The fourth-order valence-electron chi connectivity index (χ4n) is 1.73. The predicted octanol–water partition coefficient (Wildman–Crippen LogP) is 0.582. The van der Waals surface area contributed by atoms with Gasteiger partial charge >= 0.3 is 0 Å². The lowest BCUT2D eigenvalue weighted by Crippen LogP contribution is -2.33. The van der Waals surface area contributed by atoms with Crippen LogP contribution in [0.2, 0.25) is 0 Å². The molecule has 1 aliphatic carbocycles. The summed E-state index contributed by atoms with van der Waals surface area (Å²) in [4.78, 5) is 2.19. The van der Waals surface area contributed by atoms with Crippen molar-refractivity contribution in [1.29, 1.82) is 0 Å². The summed E-state index contributed by atoms with van der Waals surface area (Å²) in [5.74, 6) is 1.75. The number of likely N-dealkylation sites (N-methyl/N-ethyl adjacent to an activating group) is 1. The van der Waals surface area contributed by atoms with Gasteiger partial charge in [-0.1, -0.05) is 6.92 Å². The minimum Gasteiger partial charge on any atom is -0.389 e. The van der Waals surface area contributed by atoms with Crippen LogP contribution in [0, 0.1) is 11.8 Å². The second-order valence-electron chi connectivity index (χ2n) is 4.30. The minimum absolute atomic E-state index is 0.343. The summed E-state index contributed by atoms with van der Waals surface area (Å²) < 4.78 is 4.87. The number of rotatable bonds is 6. The molecule has 0 spiro atoms. The Hall–Kier alpha value is -0.120. The van der Waals surface area contributed by atoms with E-state index in [4.69, 9.17) is 4.74 Å². The first-order valence-electron chi connectivity index (χ1n) is 4.99. The van der Waals surface area contributed by atoms with Gasteiger partial charge < -0.3 is 14.7 Å². The Bertz CT molecular complexity index is 152. The Morgan fingerprint density at radius 3 is 2.69 bits per heavy atom. The van der Waals surface area contributed by atoms with Gasteiger partial charge in [0.2, 0.25) is 0 Å². The van der Waals surface area contributed by atoms with Crippen LogP contribution in [-0.4, -0.2) is 50.0 Å². The van der Waals surface area contributed by atoms with Crippen molar-refractivity contribution in [3.8, 4) is 0 Å². The largest absolute Gasteiger partial charge is 0.389 e. The fraction of sp³-hybridized carbons (Fsp3) is 1.00. The highest BCUT2D eigenvalue weighted by Gasteiger charge is 2.33. The molecule has 0 aromatic heterocycles. The number of ether oxygens (including phenoxy) is 1. The topological polar surface area (TPSA) is 32.7 Å². The summed E-state index contributed by atoms with van der Waals surface area (Å²) in [6.45, 7) is 4.55. The molecule has 1 fully saturated rings. The van der Waals surface area contributed by atoms with E-state index in [1.54, 1.807) is 7.11 Å². The van der Waals surface area contributed by atoms with Crippen molar-refractivity contribution in [2.75, 3.05) is 33.9 Å². The molecule has 1 rings (SSSR count). The SMILES string of the molecule is COCC(O)CN(C)CC1CC1C. The van der Waals surface area contributed by atoms with Gasteiger partial charge in [0, 0.05) is 20.2 Å². The number of nitrogens with zero attached hydrogens (tertiary/aromatic N) is 1. The Kier molecular flexibility index (Phi) is 4.16. The molecular weight excluding hydrogens is 166 g/mol. The first-order valence-corrected chi connectivity index (χ1v) is 4.99. The smallest absolute Gasteiger partial charge is 0.0899 e. The van der Waals surface area contributed by atoms with Gasteiger partial charge in [-0.15, -0.1) is 0 Å². The monoisotopic (exact) mass is 187 g/mol. The lowest BCUT2D eigenvalue weighted by molar-refractivity contribution is 0.0423. The van der Waals surface area contributed by atoms with Gasteiger partial charge in [0.05, 0.1) is 12.7 Å². The number of hydrogen-bond donors (Lipinski definition) is 1. The zero-order valence-corrected chi connectivity index (χ0v) is 8.86. The molecule has 0 radical (unpaired) electrons. The van der Waals surface area contributed by atoms with E-state index in [0.717, 1.165) is 24.9 Å². The predicted molar refractivity (Wildman–Crippen MR) is 52.7 cm³/mol. The van der Waals surface area contributed by atoms with Crippen molar-refractivity contribution in [3.63, 3.8) is 0 Å². The minimum atomic E-state index is -0.343. The van der Waals surface area contributed by atoms with Crippen LogP contribution in [0.15, 0.2) is 0 Å². The molecule has 0 saturated heterocycles. The lowest BCUT2D eigenvalue weighted by atomic mass is 10.3. The van der Waals surface area contributed by atoms with Gasteiger partial charge in [-0.2, -0.15) is 0 Å². The molecule has 3 atom stereocenters. The van der Waals surface area contributed by atoms with E-state index < -0.39 is 0 Å². The third-order valence-electron chi connectivity index (χ3n) is 2.70. The van der Waals surface area contributed by atoms with Crippen LogP contribution >= 0.6 is 0 Å². The van der Waals surface area contributed by atoms with Crippen LogP contribution in [0.5, 0.6) is 0 Å². The molecule has 1 saturated carbocycles. The Labute approximate surface area is 80.7 Å². The summed E-state index contributed by atoms with van der Waals surface area (Å²) in [6, 6.07) is 0. The van der Waals surface area contributed by atoms with Crippen molar-refractivity contribution >= 4 is 0 Å². The quantitative estimate of drug-likeness (QED) is 0.660. The normalized spacial score (nSPS) is 29.3. The zero-order chi connectivity index (χ0) is 9.84. The van der Waals surface area contributed by atoms with Crippen molar-refractivity contribution < 1.29 is 9.84 Å². The van der Waals surface area contributed by atoms with E-state index in [1.807, 2.05) is 0 Å². The highest BCUT2D eigenvalue weighted by Crippen LogP contribution is 2.37. The Balaban J connectivity index is 2.06. The standard InChI is InChI=1S/C10H21NO2/c1-8-4-9(8)5-11(2)6-10(12)7-13-3/h8-10,12H,4-7H2,1-3H3. The Morgan fingerprint density at radius 2 is 2.23 bits per heavy atom. The number of aliphatic hydroxyl groups is 1. The van der Waals surface area contributed by atoms with Gasteiger partial charge in [0.15, 0.2) is 0 Å². The maximum absolute atomic E-state index is 9.45. The first kappa shape index (κ1) is 11.0. The van der Waals surface area contributed by atoms with Gasteiger partial charge in [0.25, 0.3) is 0 Å². The van der Waals surface area contributed by atoms with E-state index in [9.17, 15) is 5.11 Å². The van der Waals surface area contributed by atoms with Gasteiger partial charge in [-0.05, 0) is 25.3 Å². The van der Waals surface area contributed by atoms with Crippen molar-refractivity contribution in [1.82, 2.24) is 4.90 Å². The van der Waals surface area contributed by atoms with Crippen LogP contribution in [-0.2, 0) is 4.74 Å². The summed E-state index contributed by atoms with van der Waals surface area (Å²) >= 11 is 0. The van der Waals surface area contributed by atoms with Crippen molar-refractivity contribution in [2.45, 2.75) is 19.4 Å². The fourth-order valence-corrected chi connectivity index (χ4v) is 1.73. The molecule has 0 aliphatic heterocycles. The van der Waals surface area contributed by atoms with Crippen LogP contribution in [0.3, 0.4) is 0 Å². The molecule has 1 aliphatic rings. The van der Waals surface area contributed by atoms with E-state index in [-0.39, 0.29) is 6.10 Å². The average molecular weight is 187 g/mol. The average Bonchev–Trinajstić information content (AvgIpc) is 2.65. The Morgan fingerprint density at radius 1 is 1.62 bits per heavy atom. The van der Waals surface area contributed by atoms with Crippen LogP contribution in [0.25, 0.3) is 0 Å². The third-order valence-corrected chi connectivity index (χ3v) is 2.70. The molecular formula is C10H21NO2. The molecule has 0 aromatic carbocycles. The molecule has 0 aromatic rings. The summed E-state index contributed by atoms with van der Waals surface area (Å²) in [6.07, 6.45) is 1.01. The molecule has 3 unspecified atom stereocenters. The molecule has 1 N–H and O–H groups in total. The highest BCUT2D eigenvalue weighted by molar-refractivity contribution is 4.84. The van der Waals surface area contributed by atoms with E-state index in [0.29, 0.717) is 6.61 Å². The van der Waals surface area contributed by atoms with Crippen LogP contribution in [0.4, 0.5) is 0 Å². The van der Waals surface area contributed by atoms with Gasteiger partial charge in [-0.3, -0.25) is 0 Å². The molecule has 13 heavy (non-hydrogen) atoms. The van der Waals surface area contributed by atoms with Crippen molar-refractivity contribution in [3.05, 3.63) is 0 Å². The van der Waals surface area contributed by atoms with E-state index in [2.05, 4.69) is 18.9 Å². The molecule has 0 heterocycles. The number of aliphatic hydroxyl groups excluding tert-OH is 1. The number of methoxy groups -OCH3 is 1. The molecule has 3 nitrogen and oxygen atoms in total. The second-order valence-corrected chi connectivity index (χ2v) is 4.30. The van der Waals surface area contributed by atoms with Gasteiger partial charge in [0.1, 0.15) is 0 Å². The highest BCUT2D eigenvalue weighted by atomic mass is 16.5. The number of hydrogen-bond acceptors (Lipinski definition) is 3. The van der Waals surface area contributed by atoms with E-state index in [1.165, 1.54) is 6.42 Å². The maximum Gasteiger partial charge on any atom is 0.0899 e. The second kappa shape index (κ2) is 4.94. The maximum atomic E-state index is 9.45. The molecule has 0 amide bonds. The lowest BCUT2D eigenvalue weighted by Gasteiger charge is -2.19. The van der Waals surface area contributed by atoms with Crippen molar-refractivity contribution in [2.24, 2.45) is 11.8 Å². The third kappa shape index (κ3) is 4.07. The summed E-state index contributed by atoms with van der Waals surface area (Å²) in [5, 5.41) is 9.45. The molecule has 3 heteroatoms. The van der Waals surface area contributed by atoms with E-state index >= 15 is 0 Å².